The lowest BCUT2D eigenvalue weighted by atomic mass is 9.32. The molecule has 0 spiro atoms. The molecule has 0 bridgehead atoms. The van der Waals surface area contributed by atoms with Crippen LogP contribution in [-0.2, 0) is 14.6 Å². The number of hydrogen-bond acceptors (Lipinski definition) is 6. The first-order chi connectivity index (χ1) is 24.9. The number of carbonyl (C=O) groups is 1. The van der Waals surface area contributed by atoms with E-state index in [4.69, 9.17) is 9.58 Å². The summed E-state index contributed by atoms with van der Waals surface area (Å²) in [4.78, 5) is 19.6. The zero-order chi connectivity index (χ0) is 38.6. The Morgan fingerprint density at radius 3 is 2.36 bits per heavy atom. The molecule has 3 saturated carbocycles. The van der Waals surface area contributed by atoms with E-state index in [9.17, 15) is 13.2 Å². The van der Waals surface area contributed by atoms with E-state index in [0.717, 1.165) is 45.2 Å². The number of methoxy groups -OCH3 is 1. The van der Waals surface area contributed by atoms with Gasteiger partial charge in [-0.2, -0.15) is 0 Å². The van der Waals surface area contributed by atoms with E-state index in [-0.39, 0.29) is 44.8 Å². The SMILES string of the molecule is CCS(=O)(=O)CCCCCNC12CCC3(C)C(CCC4C5(C)CC=C(c6ccc(C(=O)OC)cc6)C(C)(C)C5CCC43C)C1C(C(C)N(C)C)C#[N+]C2. The van der Waals surface area contributed by atoms with Crippen LogP contribution in [0.4, 0.5) is 0 Å². The maximum absolute atomic E-state index is 12.2. The number of unbranched alkanes of at least 4 members (excludes halogenated alkanes) is 2. The predicted octanol–water partition coefficient (Wildman–Crippen LogP) is 9.00. The second kappa shape index (κ2) is 14.7. The molecule has 3 fully saturated rings. The number of nitrogens with one attached hydrogen (secondary N) is 1. The van der Waals surface area contributed by atoms with E-state index >= 15 is 0 Å². The highest BCUT2D eigenvalue weighted by Gasteiger charge is 2.71. The van der Waals surface area contributed by atoms with E-state index in [2.05, 4.69) is 90.1 Å². The summed E-state index contributed by atoms with van der Waals surface area (Å²) in [6, 6.07) is 12.2. The van der Waals surface area contributed by atoms with Crippen molar-refractivity contribution >= 4 is 21.4 Å². The van der Waals surface area contributed by atoms with Gasteiger partial charge in [0.1, 0.15) is 21.3 Å². The molecule has 1 aromatic carbocycles. The molecule has 7 nitrogen and oxygen atoms in total. The van der Waals surface area contributed by atoms with Crippen molar-refractivity contribution in [2.24, 2.45) is 51.2 Å². The number of rotatable bonds is 12. The molecular formula is C45H70N3O4S+. The molecule has 4 aliphatic carbocycles. The molecule has 10 unspecified atom stereocenters. The van der Waals surface area contributed by atoms with E-state index in [1.165, 1.54) is 50.4 Å². The number of carbonyl (C=O) groups excluding carboxylic acids is 1. The van der Waals surface area contributed by atoms with Crippen LogP contribution in [0.3, 0.4) is 0 Å². The molecule has 0 saturated heterocycles. The second-order valence-electron chi connectivity index (χ2n) is 19.4. The lowest BCUT2D eigenvalue weighted by Gasteiger charge is -2.72. The van der Waals surface area contributed by atoms with Gasteiger partial charge in [-0.1, -0.05) is 71.0 Å². The fourth-order valence-electron chi connectivity index (χ4n) is 13.3. The predicted molar refractivity (Wildman–Crippen MR) is 218 cm³/mol. The fraction of sp³-hybridized carbons (Fsp3) is 0.778. The lowest BCUT2D eigenvalue weighted by Crippen LogP contribution is -2.71. The first kappa shape index (κ1) is 40.5. The summed E-state index contributed by atoms with van der Waals surface area (Å²) < 4.78 is 29.2. The van der Waals surface area contributed by atoms with Gasteiger partial charge in [-0.25, -0.2) is 13.2 Å². The van der Waals surface area contributed by atoms with Crippen LogP contribution in [-0.4, -0.2) is 76.7 Å². The maximum Gasteiger partial charge on any atom is 0.337 e. The van der Waals surface area contributed by atoms with Crippen molar-refractivity contribution in [3.63, 3.8) is 0 Å². The minimum absolute atomic E-state index is 0.0201. The van der Waals surface area contributed by atoms with E-state index in [1.807, 2.05) is 12.1 Å². The molecule has 0 radical (unpaired) electrons. The molecule has 0 amide bonds. The average molecular weight is 749 g/mol. The van der Waals surface area contributed by atoms with Crippen LogP contribution in [0.25, 0.3) is 10.4 Å². The Balaban J connectivity index is 1.28. The molecule has 1 N–H and O–H groups in total. The number of allylic oxidation sites excluding steroid dienone is 2. The van der Waals surface area contributed by atoms with Crippen molar-refractivity contribution < 1.29 is 17.9 Å². The smallest absolute Gasteiger partial charge is 0.337 e. The van der Waals surface area contributed by atoms with Gasteiger partial charge in [0, 0.05) is 17.7 Å². The Bertz CT molecular complexity index is 1720. The summed E-state index contributed by atoms with van der Waals surface area (Å²) in [5.74, 6) is 2.80. The van der Waals surface area contributed by atoms with E-state index in [0.29, 0.717) is 41.0 Å². The molecule has 10 atom stereocenters. The average Bonchev–Trinajstić information content (AvgIpc) is 3.12. The van der Waals surface area contributed by atoms with Crippen LogP contribution >= 0.6 is 0 Å². The van der Waals surface area contributed by atoms with Gasteiger partial charge in [-0.3, -0.25) is 0 Å². The van der Waals surface area contributed by atoms with Gasteiger partial charge < -0.3 is 15.0 Å². The third-order valence-corrected chi connectivity index (χ3v) is 18.5. The van der Waals surface area contributed by atoms with Crippen molar-refractivity contribution in [3.05, 3.63) is 46.3 Å². The van der Waals surface area contributed by atoms with Gasteiger partial charge in [-0.15, -0.1) is 0 Å². The van der Waals surface area contributed by atoms with Crippen LogP contribution in [0, 0.1) is 57.3 Å². The quantitative estimate of drug-likeness (QED) is 0.170. The molecule has 0 aromatic heterocycles. The van der Waals surface area contributed by atoms with Gasteiger partial charge in [0.2, 0.25) is 0 Å². The van der Waals surface area contributed by atoms with E-state index < -0.39 is 9.84 Å². The number of ether oxygens (including phenoxy) is 1. The Morgan fingerprint density at radius 2 is 1.70 bits per heavy atom. The summed E-state index contributed by atoms with van der Waals surface area (Å²) in [5, 5.41) is 4.17. The monoisotopic (exact) mass is 749 g/mol. The molecule has 294 valence electrons. The van der Waals surface area contributed by atoms with Crippen LogP contribution in [0.1, 0.15) is 129 Å². The Hall–Kier alpha value is -2.21. The number of esters is 1. The van der Waals surface area contributed by atoms with Crippen molar-refractivity contribution in [3.8, 4) is 6.07 Å². The van der Waals surface area contributed by atoms with Crippen LogP contribution in [0.15, 0.2) is 30.3 Å². The highest BCUT2D eigenvalue weighted by Crippen LogP contribution is 2.76. The summed E-state index contributed by atoms with van der Waals surface area (Å²) >= 11 is 0. The zero-order valence-corrected chi connectivity index (χ0v) is 35.5. The Morgan fingerprint density at radius 1 is 0.981 bits per heavy atom. The third-order valence-electron chi connectivity index (χ3n) is 16.7. The fourth-order valence-corrected chi connectivity index (χ4v) is 14.2. The summed E-state index contributed by atoms with van der Waals surface area (Å²) in [7, 11) is 2.95. The van der Waals surface area contributed by atoms with Gasteiger partial charge in [-0.05, 0) is 148 Å². The number of fused-ring (bicyclic) bond motifs is 7. The number of hydrogen-bond donors (Lipinski definition) is 1. The summed E-state index contributed by atoms with van der Waals surface area (Å²) in [6.07, 6.45) is 13.7. The minimum atomic E-state index is -2.91. The van der Waals surface area contributed by atoms with E-state index in [1.54, 1.807) is 6.92 Å². The van der Waals surface area contributed by atoms with Crippen molar-refractivity contribution in [2.75, 3.05) is 45.8 Å². The number of sulfone groups is 1. The first-order valence-corrected chi connectivity index (χ1v) is 22.7. The third kappa shape index (κ3) is 6.75. The lowest BCUT2D eigenvalue weighted by molar-refractivity contribution is -0.224. The van der Waals surface area contributed by atoms with Crippen molar-refractivity contribution in [1.82, 2.24) is 10.2 Å². The second-order valence-corrected chi connectivity index (χ2v) is 21.8. The highest BCUT2D eigenvalue weighted by atomic mass is 32.2. The molecule has 53 heavy (non-hydrogen) atoms. The zero-order valence-electron chi connectivity index (χ0n) is 34.7. The van der Waals surface area contributed by atoms with Crippen LogP contribution in [0.5, 0.6) is 0 Å². The van der Waals surface area contributed by atoms with Crippen LogP contribution in [0.2, 0.25) is 0 Å². The maximum atomic E-state index is 12.2. The molecule has 8 heteroatoms. The van der Waals surface area contributed by atoms with Gasteiger partial charge >= 0.3 is 5.97 Å². The molecule has 5 aliphatic rings. The minimum Gasteiger partial charge on any atom is -0.465 e. The number of benzene rings is 1. The topological polar surface area (TPSA) is 80.1 Å². The standard InChI is InChI=1S/C45H70N3O4S/c1-11-53(50,51)28-14-12-13-27-47-45-26-25-43(6)36(39(45)34(29-46-30-45)31(2)48(8)9)19-20-38-42(5)23-21-35(32-15-17-33(18-16-32)40(49)52-10)41(3,4)37(42)22-24-44(38,43)7/h15-18,21,31,34,36-39,47H,11-14,19-20,22-28,30H2,1-10H3/q+1. The first-order valence-electron chi connectivity index (χ1n) is 20.8. The van der Waals surface area contributed by atoms with Gasteiger partial charge in [0.25, 0.3) is 12.6 Å². The summed E-state index contributed by atoms with van der Waals surface area (Å²) in [6.45, 7) is 18.9. The Labute approximate surface area is 322 Å². The van der Waals surface area contributed by atoms with Crippen molar-refractivity contribution in [1.29, 1.82) is 0 Å². The molecular weight excluding hydrogens is 679 g/mol. The normalized spacial score (nSPS) is 37.9. The van der Waals surface area contributed by atoms with Crippen molar-refractivity contribution in [2.45, 2.75) is 124 Å². The molecule has 1 aromatic rings. The highest BCUT2D eigenvalue weighted by molar-refractivity contribution is 7.91. The molecule has 6 rings (SSSR count). The summed E-state index contributed by atoms with van der Waals surface area (Å²) in [5.41, 5.74) is 3.91. The largest absolute Gasteiger partial charge is 0.465 e. The van der Waals surface area contributed by atoms with Crippen LogP contribution < -0.4 is 5.32 Å². The molecule has 1 aliphatic heterocycles. The van der Waals surface area contributed by atoms with Gasteiger partial charge in [0.05, 0.1) is 18.4 Å². The Kier molecular flexibility index (Phi) is 11.2. The van der Waals surface area contributed by atoms with Gasteiger partial charge in [0.15, 0.2) is 0 Å². The molecule has 1 heterocycles. The number of nitrogens with zero attached hydrogens (tertiary/aromatic N) is 2.